The average Bonchev–Trinajstić information content (AvgIpc) is 2.98. The first-order valence-corrected chi connectivity index (χ1v) is 9.95. The van der Waals surface area contributed by atoms with Gasteiger partial charge < -0.3 is 4.98 Å². The van der Waals surface area contributed by atoms with Gasteiger partial charge in [0.15, 0.2) is 0 Å². The summed E-state index contributed by atoms with van der Waals surface area (Å²) in [6.45, 7) is 0.303. The first kappa shape index (κ1) is 17.6. The highest BCUT2D eigenvalue weighted by molar-refractivity contribution is 7.89. The van der Waals surface area contributed by atoms with Gasteiger partial charge >= 0.3 is 0 Å². The molecule has 2 N–H and O–H groups in total. The number of hydrogen-bond donors (Lipinski definition) is 2. The summed E-state index contributed by atoms with van der Waals surface area (Å²) in [5.41, 5.74) is 2.89. The lowest BCUT2D eigenvalue weighted by molar-refractivity contribution is 0.579. The van der Waals surface area contributed by atoms with Gasteiger partial charge in [0, 0.05) is 23.6 Å². The van der Waals surface area contributed by atoms with E-state index in [2.05, 4.69) is 9.71 Å². The average molecular weight is 360 g/mol. The highest BCUT2D eigenvalue weighted by Gasteiger charge is 2.11. The molecule has 2 aromatic carbocycles. The number of benzene rings is 2. The first-order chi connectivity index (χ1) is 12.0. The minimum Gasteiger partial charge on any atom is -0.361 e. The number of aromatic nitrogens is 1. The summed E-state index contributed by atoms with van der Waals surface area (Å²) in [5, 5.41) is 0.795. The predicted octanol–water partition coefficient (Wildman–Crippen LogP) is 3.40. The molecule has 3 rings (SSSR count). The zero-order valence-electron chi connectivity index (χ0n) is 13.8. The molecule has 0 atom stereocenters. The molecular weight excluding hydrogens is 339 g/mol. The minimum atomic E-state index is -3.30. The fraction of sp³-hybridized carbons (Fsp3) is 0.263. The summed E-state index contributed by atoms with van der Waals surface area (Å²) in [5.74, 6) is -0.195. The first-order valence-electron chi connectivity index (χ1n) is 8.30. The number of nitrogens with one attached hydrogen (secondary N) is 2. The van der Waals surface area contributed by atoms with Crippen molar-refractivity contribution in [2.24, 2.45) is 0 Å². The second-order valence-corrected chi connectivity index (χ2v) is 7.98. The van der Waals surface area contributed by atoms with Crippen molar-refractivity contribution in [3.8, 4) is 0 Å². The van der Waals surface area contributed by atoms with E-state index >= 15 is 0 Å². The van der Waals surface area contributed by atoms with E-state index in [9.17, 15) is 12.8 Å². The number of rotatable bonds is 8. The third kappa shape index (κ3) is 4.90. The Bertz CT molecular complexity index is 936. The van der Waals surface area contributed by atoms with E-state index in [4.69, 9.17) is 0 Å². The van der Waals surface area contributed by atoms with Crippen molar-refractivity contribution >= 4 is 20.9 Å². The zero-order chi connectivity index (χ0) is 17.7. The number of aromatic amines is 1. The molecule has 0 amide bonds. The van der Waals surface area contributed by atoms with Gasteiger partial charge in [-0.2, -0.15) is 0 Å². The van der Waals surface area contributed by atoms with Crippen LogP contribution < -0.4 is 4.72 Å². The number of fused-ring (bicyclic) bond motifs is 1. The van der Waals surface area contributed by atoms with E-state index in [1.54, 1.807) is 12.3 Å². The molecule has 0 aliphatic rings. The van der Waals surface area contributed by atoms with Crippen LogP contribution in [0.3, 0.4) is 0 Å². The quantitative estimate of drug-likeness (QED) is 0.647. The number of hydrogen-bond acceptors (Lipinski definition) is 2. The molecule has 0 fully saturated rings. The number of sulfonamides is 1. The van der Waals surface area contributed by atoms with Gasteiger partial charge in [-0.25, -0.2) is 17.5 Å². The summed E-state index contributed by atoms with van der Waals surface area (Å²) in [7, 11) is -3.30. The fourth-order valence-corrected chi connectivity index (χ4v) is 3.96. The second kappa shape index (κ2) is 7.80. The molecule has 0 radical (unpaired) electrons. The summed E-state index contributed by atoms with van der Waals surface area (Å²) < 4.78 is 40.2. The summed E-state index contributed by atoms with van der Waals surface area (Å²) in [6, 6.07) is 14.4. The molecule has 3 aromatic rings. The number of H-pyrrole nitrogens is 1. The Morgan fingerprint density at radius 2 is 1.84 bits per heavy atom. The van der Waals surface area contributed by atoms with Crippen molar-refractivity contribution in [1.29, 1.82) is 0 Å². The summed E-state index contributed by atoms with van der Waals surface area (Å²) in [6.07, 6.45) is 3.64. The molecule has 0 spiro atoms. The van der Waals surface area contributed by atoms with E-state index in [0.29, 0.717) is 19.4 Å². The zero-order valence-corrected chi connectivity index (χ0v) is 14.7. The van der Waals surface area contributed by atoms with E-state index in [-0.39, 0.29) is 11.6 Å². The second-order valence-electron chi connectivity index (χ2n) is 6.06. The molecule has 0 saturated carbocycles. The Balaban J connectivity index is 1.49. The van der Waals surface area contributed by atoms with Crippen molar-refractivity contribution in [3.05, 3.63) is 71.7 Å². The van der Waals surface area contributed by atoms with Crippen LogP contribution in [0.4, 0.5) is 4.39 Å². The molecule has 6 heteroatoms. The van der Waals surface area contributed by atoms with Gasteiger partial charge in [-0.15, -0.1) is 0 Å². The van der Waals surface area contributed by atoms with Crippen LogP contribution in [0.15, 0.2) is 54.7 Å². The topological polar surface area (TPSA) is 62.0 Å². The van der Waals surface area contributed by atoms with E-state index in [1.165, 1.54) is 12.1 Å². The largest absolute Gasteiger partial charge is 0.361 e. The number of halogens is 1. The Hall–Kier alpha value is -2.18. The van der Waals surface area contributed by atoms with Crippen LogP contribution in [0.1, 0.15) is 17.5 Å². The molecule has 1 aromatic heterocycles. The highest BCUT2D eigenvalue weighted by atomic mass is 32.2. The highest BCUT2D eigenvalue weighted by Crippen LogP contribution is 2.19. The van der Waals surface area contributed by atoms with Gasteiger partial charge in [0.05, 0.1) is 5.75 Å². The summed E-state index contributed by atoms with van der Waals surface area (Å²) >= 11 is 0. The van der Waals surface area contributed by atoms with Crippen LogP contribution in [0, 0.1) is 5.82 Å². The molecule has 1 heterocycles. The van der Waals surface area contributed by atoms with Crippen LogP contribution in [0.25, 0.3) is 10.9 Å². The maximum atomic E-state index is 13.4. The van der Waals surface area contributed by atoms with Crippen molar-refractivity contribution in [2.75, 3.05) is 12.3 Å². The molecular formula is C19H21FN2O2S. The monoisotopic (exact) mass is 360 g/mol. The Kier molecular flexibility index (Phi) is 5.50. The molecule has 0 aliphatic carbocycles. The van der Waals surface area contributed by atoms with Crippen LogP contribution in [0.2, 0.25) is 0 Å². The van der Waals surface area contributed by atoms with E-state index in [0.717, 1.165) is 28.5 Å². The Morgan fingerprint density at radius 1 is 1.04 bits per heavy atom. The van der Waals surface area contributed by atoms with Gasteiger partial charge in [-0.05, 0) is 48.6 Å². The van der Waals surface area contributed by atoms with Crippen molar-refractivity contribution in [2.45, 2.75) is 19.3 Å². The molecule has 0 bridgehead atoms. The SMILES string of the molecule is O=S(=O)(CCCc1ccccc1)NCCc1c[nH]c2ccc(F)cc12. The maximum Gasteiger partial charge on any atom is 0.211 e. The van der Waals surface area contributed by atoms with Crippen molar-refractivity contribution in [1.82, 2.24) is 9.71 Å². The lowest BCUT2D eigenvalue weighted by atomic mass is 10.1. The smallest absolute Gasteiger partial charge is 0.211 e. The molecule has 0 unspecified atom stereocenters. The minimum absolute atomic E-state index is 0.102. The van der Waals surface area contributed by atoms with Gasteiger partial charge in [0.2, 0.25) is 10.0 Å². The Labute approximate surface area is 147 Å². The number of aryl methyl sites for hydroxylation is 1. The van der Waals surface area contributed by atoms with Gasteiger partial charge in [-0.3, -0.25) is 0 Å². The van der Waals surface area contributed by atoms with Gasteiger partial charge in [0.25, 0.3) is 0 Å². The standard InChI is InChI=1S/C19H21FN2O2S/c20-17-8-9-19-18(13-17)16(14-21-19)10-11-22-25(23,24)12-4-7-15-5-2-1-3-6-15/h1-3,5-6,8-9,13-14,21-22H,4,7,10-12H2. The third-order valence-corrected chi connectivity index (χ3v) is 5.64. The molecule has 4 nitrogen and oxygen atoms in total. The lowest BCUT2D eigenvalue weighted by Gasteiger charge is -2.07. The predicted molar refractivity (Wildman–Crippen MR) is 98.5 cm³/mol. The normalized spacial score (nSPS) is 11.9. The lowest BCUT2D eigenvalue weighted by Crippen LogP contribution is -2.28. The van der Waals surface area contributed by atoms with E-state index in [1.807, 2.05) is 30.3 Å². The van der Waals surface area contributed by atoms with Gasteiger partial charge in [0.1, 0.15) is 5.82 Å². The van der Waals surface area contributed by atoms with Crippen LogP contribution >= 0.6 is 0 Å². The molecule has 132 valence electrons. The van der Waals surface area contributed by atoms with Gasteiger partial charge in [-0.1, -0.05) is 30.3 Å². The van der Waals surface area contributed by atoms with Crippen LogP contribution in [0.5, 0.6) is 0 Å². The fourth-order valence-electron chi connectivity index (χ4n) is 2.88. The molecule has 25 heavy (non-hydrogen) atoms. The van der Waals surface area contributed by atoms with Crippen LogP contribution in [-0.4, -0.2) is 25.7 Å². The van der Waals surface area contributed by atoms with Crippen molar-refractivity contribution in [3.63, 3.8) is 0 Å². The maximum absolute atomic E-state index is 13.4. The van der Waals surface area contributed by atoms with Crippen LogP contribution in [-0.2, 0) is 22.9 Å². The summed E-state index contributed by atoms with van der Waals surface area (Å²) in [4.78, 5) is 3.07. The third-order valence-electron chi connectivity index (χ3n) is 4.17. The Morgan fingerprint density at radius 3 is 2.64 bits per heavy atom. The van der Waals surface area contributed by atoms with E-state index < -0.39 is 10.0 Å². The van der Waals surface area contributed by atoms with Crippen molar-refractivity contribution < 1.29 is 12.8 Å². The molecule has 0 saturated heterocycles. The molecule has 0 aliphatic heterocycles.